The lowest BCUT2D eigenvalue weighted by atomic mass is 10.2. The maximum Gasteiger partial charge on any atom is 0.0668 e. The molecule has 0 aliphatic rings. The number of benzene rings is 1. The van der Waals surface area contributed by atoms with Crippen molar-refractivity contribution in [3.63, 3.8) is 0 Å². The van der Waals surface area contributed by atoms with E-state index < -0.39 is 0 Å². The molecule has 0 aliphatic carbocycles. The van der Waals surface area contributed by atoms with E-state index in [4.69, 9.17) is 5.73 Å². The van der Waals surface area contributed by atoms with Gasteiger partial charge in [-0.15, -0.1) is 0 Å². The third-order valence-corrected chi connectivity index (χ3v) is 2.06. The van der Waals surface area contributed by atoms with Crippen LogP contribution in [0.2, 0.25) is 0 Å². The summed E-state index contributed by atoms with van der Waals surface area (Å²) in [5.74, 6) is 0. The number of hydrogen-bond donors (Lipinski definition) is 1. The summed E-state index contributed by atoms with van der Waals surface area (Å²) in [7, 11) is 0. The van der Waals surface area contributed by atoms with E-state index >= 15 is 0 Å². The second-order valence-corrected chi connectivity index (χ2v) is 3.56. The Kier molecular flexibility index (Phi) is 2.00. The smallest absolute Gasteiger partial charge is 0.0668 e. The van der Waals surface area contributed by atoms with Gasteiger partial charge in [0.15, 0.2) is 0 Å². The highest BCUT2D eigenvalue weighted by Gasteiger charge is 1.99. The zero-order valence-corrected chi connectivity index (χ0v) is 8.36. The van der Waals surface area contributed by atoms with Gasteiger partial charge in [-0.25, -0.2) is 4.68 Å². The van der Waals surface area contributed by atoms with Crippen LogP contribution in [0.25, 0.3) is 5.69 Å². The van der Waals surface area contributed by atoms with E-state index in [1.54, 1.807) is 0 Å². The molecule has 0 radical (unpaired) electrons. The van der Waals surface area contributed by atoms with Crippen molar-refractivity contribution in [2.75, 3.05) is 5.73 Å². The first-order valence-corrected chi connectivity index (χ1v) is 4.54. The molecule has 72 valence electrons. The molecule has 0 aliphatic heterocycles. The Bertz CT molecular complexity index is 437. The minimum Gasteiger partial charge on any atom is -0.399 e. The van der Waals surface area contributed by atoms with Gasteiger partial charge < -0.3 is 5.73 Å². The second kappa shape index (κ2) is 3.18. The fourth-order valence-electron chi connectivity index (χ4n) is 1.48. The van der Waals surface area contributed by atoms with E-state index in [1.807, 2.05) is 43.1 Å². The predicted octanol–water partition coefficient (Wildman–Crippen LogP) is 2.07. The molecule has 0 fully saturated rings. The quantitative estimate of drug-likeness (QED) is 0.694. The van der Waals surface area contributed by atoms with Crippen LogP contribution in [0.1, 0.15) is 11.1 Å². The van der Waals surface area contributed by atoms with Crippen molar-refractivity contribution in [2.24, 2.45) is 0 Å². The van der Waals surface area contributed by atoms with Gasteiger partial charge in [-0.05, 0) is 43.2 Å². The van der Waals surface area contributed by atoms with E-state index in [2.05, 4.69) is 11.2 Å². The van der Waals surface area contributed by atoms with Crippen molar-refractivity contribution in [3.05, 3.63) is 41.7 Å². The normalized spacial score (nSPS) is 10.4. The summed E-state index contributed by atoms with van der Waals surface area (Å²) in [6.45, 7) is 4.04. The van der Waals surface area contributed by atoms with Crippen LogP contribution >= 0.6 is 0 Å². The van der Waals surface area contributed by atoms with Crippen LogP contribution in [0, 0.1) is 13.8 Å². The first kappa shape index (κ1) is 8.81. The van der Waals surface area contributed by atoms with Gasteiger partial charge >= 0.3 is 0 Å². The van der Waals surface area contributed by atoms with E-state index in [1.165, 1.54) is 0 Å². The molecule has 3 nitrogen and oxygen atoms in total. The predicted molar refractivity (Wildman–Crippen MR) is 57.5 cm³/mol. The van der Waals surface area contributed by atoms with Gasteiger partial charge in [-0.1, -0.05) is 0 Å². The lowest BCUT2D eigenvalue weighted by Gasteiger charge is -2.04. The summed E-state index contributed by atoms with van der Waals surface area (Å²) in [6, 6.07) is 5.92. The highest BCUT2D eigenvalue weighted by molar-refractivity contribution is 5.50. The number of aromatic nitrogens is 2. The molecule has 0 unspecified atom stereocenters. The van der Waals surface area contributed by atoms with Crippen LogP contribution in [0.5, 0.6) is 0 Å². The summed E-state index contributed by atoms with van der Waals surface area (Å²) >= 11 is 0. The Morgan fingerprint density at radius 1 is 1.14 bits per heavy atom. The molecule has 2 rings (SSSR count). The largest absolute Gasteiger partial charge is 0.399 e. The monoisotopic (exact) mass is 187 g/mol. The Morgan fingerprint density at radius 3 is 2.50 bits per heavy atom. The number of anilines is 1. The van der Waals surface area contributed by atoms with Gasteiger partial charge in [0.2, 0.25) is 0 Å². The van der Waals surface area contributed by atoms with Crippen LogP contribution in [0.3, 0.4) is 0 Å². The van der Waals surface area contributed by atoms with E-state index in [-0.39, 0.29) is 0 Å². The average molecular weight is 187 g/mol. The molecule has 0 bridgehead atoms. The van der Waals surface area contributed by atoms with Crippen molar-refractivity contribution in [1.82, 2.24) is 9.78 Å². The average Bonchev–Trinajstić information content (AvgIpc) is 2.50. The number of nitrogens with zero attached hydrogens (tertiary/aromatic N) is 2. The molecule has 3 heteroatoms. The molecule has 14 heavy (non-hydrogen) atoms. The molecule has 1 aromatic carbocycles. The number of nitrogen functional groups attached to an aromatic ring is 1. The minimum absolute atomic E-state index is 0.771. The lowest BCUT2D eigenvalue weighted by molar-refractivity contribution is 0.879. The van der Waals surface area contributed by atoms with Crippen molar-refractivity contribution in [2.45, 2.75) is 13.8 Å². The van der Waals surface area contributed by atoms with Gasteiger partial charge in [0, 0.05) is 11.9 Å². The van der Waals surface area contributed by atoms with Crippen LogP contribution in [0.4, 0.5) is 5.69 Å². The minimum atomic E-state index is 0.771. The number of rotatable bonds is 1. The third kappa shape index (κ3) is 1.62. The second-order valence-electron chi connectivity index (χ2n) is 3.56. The first-order chi connectivity index (χ1) is 6.65. The summed E-state index contributed by atoms with van der Waals surface area (Å²) < 4.78 is 1.83. The molecular weight excluding hydrogens is 174 g/mol. The van der Waals surface area contributed by atoms with Gasteiger partial charge in [-0.3, -0.25) is 0 Å². The number of hydrogen-bond acceptors (Lipinski definition) is 2. The molecule has 0 saturated heterocycles. The number of nitrogens with two attached hydrogens (primary N) is 1. The van der Waals surface area contributed by atoms with Gasteiger partial charge in [-0.2, -0.15) is 5.10 Å². The standard InChI is InChI=1S/C11H13N3/c1-8-3-10(12)5-11(4-8)14-7-9(2)6-13-14/h3-7H,12H2,1-2H3. The molecular formula is C11H13N3. The Hall–Kier alpha value is -1.77. The summed E-state index contributed by atoms with van der Waals surface area (Å²) in [5, 5.41) is 4.23. The Labute approximate surface area is 83.2 Å². The summed E-state index contributed by atoms with van der Waals surface area (Å²) in [6.07, 6.45) is 3.81. The summed E-state index contributed by atoms with van der Waals surface area (Å²) in [4.78, 5) is 0. The maximum absolute atomic E-state index is 5.76. The van der Waals surface area contributed by atoms with Crippen molar-refractivity contribution in [3.8, 4) is 5.69 Å². The molecule has 0 spiro atoms. The van der Waals surface area contributed by atoms with Gasteiger partial charge in [0.25, 0.3) is 0 Å². The molecule has 1 heterocycles. The topological polar surface area (TPSA) is 43.8 Å². The molecule has 0 saturated carbocycles. The molecule has 1 aromatic heterocycles. The van der Waals surface area contributed by atoms with E-state index in [0.29, 0.717) is 0 Å². The third-order valence-electron chi connectivity index (χ3n) is 2.06. The Balaban J connectivity index is 2.51. The van der Waals surface area contributed by atoms with E-state index in [0.717, 1.165) is 22.5 Å². The SMILES string of the molecule is Cc1cc(N)cc(-n2cc(C)cn2)c1. The molecule has 0 amide bonds. The van der Waals surface area contributed by atoms with Crippen LogP contribution in [0.15, 0.2) is 30.6 Å². The van der Waals surface area contributed by atoms with E-state index in [9.17, 15) is 0 Å². The van der Waals surface area contributed by atoms with Crippen LogP contribution in [-0.2, 0) is 0 Å². The van der Waals surface area contributed by atoms with Crippen molar-refractivity contribution >= 4 is 5.69 Å². The lowest BCUT2D eigenvalue weighted by Crippen LogP contribution is -1.96. The maximum atomic E-state index is 5.76. The number of aryl methyl sites for hydroxylation is 2. The van der Waals surface area contributed by atoms with Crippen molar-refractivity contribution < 1.29 is 0 Å². The zero-order chi connectivity index (χ0) is 10.1. The fourth-order valence-corrected chi connectivity index (χ4v) is 1.48. The Morgan fingerprint density at radius 2 is 1.93 bits per heavy atom. The highest BCUT2D eigenvalue weighted by atomic mass is 15.3. The zero-order valence-electron chi connectivity index (χ0n) is 8.36. The fraction of sp³-hybridized carbons (Fsp3) is 0.182. The van der Waals surface area contributed by atoms with Crippen LogP contribution < -0.4 is 5.73 Å². The van der Waals surface area contributed by atoms with Gasteiger partial charge in [0.05, 0.1) is 11.9 Å². The first-order valence-electron chi connectivity index (χ1n) is 4.54. The molecule has 2 aromatic rings. The van der Waals surface area contributed by atoms with Gasteiger partial charge in [0.1, 0.15) is 0 Å². The van der Waals surface area contributed by atoms with Crippen LogP contribution in [-0.4, -0.2) is 9.78 Å². The highest BCUT2D eigenvalue weighted by Crippen LogP contribution is 2.15. The molecule has 0 atom stereocenters. The summed E-state index contributed by atoms with van der Waals surface area (Å²) in [5.41, 5.74) is 9.83. The van der Waals surface area contributed by atoms with Crippen molar-refractivity contribution in [1.29, 1.82) is 0 Å². The molecule has 2 N–H and O–H groups in total.